The molecule has 0 aromatic carbocycles. The summed E-state index contributed by atoms with van der Waals surface area (Å²) in [5.74, 6) is 0.155. The Hall–Kier alpha value is -2.71. The average molecular weight is 289 g/mol. The summed E-state index contributed by atoms with van der Waals surface area (Å²) in [5.41, 5.74) is -0.365. The van der Waals surface area contributed by atoms with Crippen molar-refractivity contribution >= 4 is 34.6 Å². The molecule has 3 heterocycles. The molecular weight excluding hydrogens is 274 g/mol. The number of hydrogen-bond donors (Lipinski definition) is 3. The number of imide groups is 1. The molecule has 1 aliphatic heterocycles. The predicted molar refractivity (Wildman–Crippen MR) is 75.8 cm³/mol. The molecule has 2 amide bonds. The maximum Gasteiger partial charge on any atom is 0.251 e. The van der Waals surface area contributed by atoms with Gasteiger partial charge in [0, 0.05) is 7.05 Å². The largest absolute Gasteiger partial charge is 0.357 e. The Morgan fingerprint density at radius 2 is 2.10 bits per heavy atom. The van der Waals surface area contributed by atoms with Gasteiger partial charge in [0.25, 0.3) is 5.91 Å². The molecule has 9 nitrogen and oxygen atoms in total. The van der Waals surface area contributed by atoms with Gasteiger partial charge in [0.05, 0.1) is 18.1 Å². The van der Waals surface area contributed by atoms with Crippen LogP contribution < -0.4 is 15.5 Å². The van der Waals surface area contributed by atoms with E-state index in [0.29, 0.717) is 22.8 Å². The van der Waals surface area contributed by atoms with Crippen LogP contribution in [0.15, 0.2) is 6.20 Å². The molecule has 9 heteroatoms. The minimum atomic E-state index is -0.905. The summed E-state index contributed by atoms with van der Waals surface area (Å²) in [5, 5.41) is 12.6. The predicted octanol–water partition coefficient (Wildman–Crippen LogP) is -0.364. The molecule has 0 bridgehead atoms. The third kappa shape index (κ3) is 1.97. The first-order chi connectivity index (χ1) is 9.93. The van der Waals surface area contributed by atoms with Gasteiger partial charge in [-0.2, -0.15) is 15.1 Å². The Morgan fingerprint density at radius 3 is 2.81 bits per heavy atom. The van der Waals surface area contributed by atoms with Crippen LogP contribution in [0.1, 0.15) is 13.8 Å². The molecule has 0 spiro atoms. The van der Waals surface area contributed by atoms with Gasteiger partial charge in [-0.15, -0.1) is 0 Å². The number of nitrogens with zero attached hydrogens (tertiary/aromatic N) is 4. The molecule has 1 fully saturated rings. The van der Waals surface area contributed by atoms with E-state index in [1.165, 1.54) is 0 Å². The number of H-pyrrole nitrogens is 1. The lowest BCUT2D eigenvalue weighted by molar-refractivity contribution is -0.135. The molecule has 110 valence electrons. The average Bonchev–Trinajstić information content (AvgIpc) is 2.90. The number of nitrogens with one attached hydrogen (secondary N) is 3. The van der Waals surface area contributed by atoms with E-state index in [2.05, 4.69) is 30.8 Å². The highest BCUT2D eigenvalue weighted by molar-refractivity contribution is 6.08. The summed E-state index contributed by atoms with van der Waals surface area (Å²) in [4.78, 5) is 34.1. The van der Waals surface area contributed by atoms with E-state index in [9.17, 15) is 9.59 Å². The minimum absolute atomic E-state index is 0.0409. The van der Waals surface area contributed by atoms with Crippen LogP contribution in [-0.4, -0.2) is 51.1 Å². The number of amides is 2. The van der Waals surface area contributed by atoms with Crippen molar-refractivity contribution in [3.05, 3.63) is 6.20 Å². The van der Waals surface area contributed by atoms with E-state index >= 15 is 0 Å². The first kappa shape index (κ1) is 13.3. The van der Waals surface area contributed by atoms with E-state index in [1.807, 2.05) is 0 Å². The summed E-state index contributed by atoms with van der Waals surface area (Å²) in [6.07, 6.45) is 1.58. The molecule has 0 unspecified atom stereocenters. The molecule has 1 aliphatic rings. The summed E-state index contributed by atoms with van der Waals surface area (Å²) >= 11 is 0. The second-order valence-electron chi connectivity index (χ2n) is 5.28. The maximum absolute atomic E-state index is 12.1. The van der Waals surface area contributed by atoms with Gasteiger partial charge in [-0.1, -0.05) is 0 Å². The molecular formula is C12H15N7O2. The van der Waals surface area contributed by atoms with Gasteiger partial charge in [-0.25, -0.2) is 0 Å². The fraction of sp³-hybridized carbons (Fsp3) is 0.417. The van der Waals surface area contributed by atoms with Crippen LogP contribution >= 0.6 is 0 Å². The highest BCUT2D eigenvalue weighted by Gasteiger charge is 2.42. The van der Waals surface area contributed by atoms with Gasteiger partial charge in [0.2, 0.25) is 11.9 Å². The van der Waals surface area contributed by atoms with Gasteiger partial charge in [0.15, 0.2) is 5.65 Å². The van der Waals surface area contributed by atoms with Crippen molar-refractivity contribution < 1.29 is 9.59 Å². The third-order valence-corrected chi connectivity index (χ3v) is 3.55. The number of fused-ring (bicyclic) bond motifs is 1. The van der Waals surface area contributed by atoms with Crippen LogP contribution in [0.25, 0.3) is 11.0 Å². The van der Waals surface area contributed by atoms with Crippen LogP contribution in [0.5, 0.6) is 0 Å². The molecule has 3 N–H and O–H groups in total. The van der Waals surface area contributed by atoms with Crippen LogP contribution in [0.2, 0.25) is 0 Å². The van der Waals surface area contributed by atoms with E-state index in [4.69, 9.17) is 0 Å². The zero-order valence-corrected chi connectivity index (χ0v) is 11.9. The lowest BCUT2D eigenvalue weighted by Crippen LogP contribution is -2.64. The Labute approximate surface area is 120 Å². The Morgan fingerprint density at radius 1 is 1.33 bits per heavy atom. The number of piperazine rings is 1. The normalized spacial score (nSPS) is 18.0. The SMILES string of the molecule is CNc1nc(N2CC(=O)NC(=O)C2(C)C)c2cn[nH]c2n1. The van der Waals surface area contributed by atoms with Gasteiger partial charge in [-0.05, 0) is 13.8 Å². The third-order valence-electron chi connectivity index (χ3n) is 3.55. The fourth-order valence-corrected chi connectivity index (χ4v) is 2.26. The van der Waals surface area contributed by atoms with Crippen LogP contribution in [0, 0.1) is 0 Å². The molecule has 0 saturated carbocycles. The maximum atomic E-state index is 12.1. The summed E-state index contributed by atoms with van der Waals surface area (Å²) in [7, 11) is 1.69. The molecule has 3 rings (SSSR count). The first-order valence-corrected chi connectivity index (χ1v) is 6.44. The standard InChI is InChI=1S/C12H15N7O2/c1-12(2)10(21)15-7(20)5-19(12)9-6-4-14-18-8(6)16-11(13-3)17-9/h4H,5H2,1-3H3,(H,15,20,21)(H2,13,14,16,17,18). The van der Waals surface area contributed by atoms with Gasteiger partial charge >= 0.3 is 0 Å². The molecule has 2 aromatic heterocycles. The molecule has 0 radical (unpaired) electrons. The van der Waals surface area contributed by atoms with Crippen molar-refractivity contribution in [2.75, 3.05) is 23.8 Å². The lowest BCUT2D eigenvalue weighted by Gasteiger charge is -2.41. The number of hydrogen-bond acceptors (Lipinski definition) is 7. The topological polar surface area (TPSA) is 116 Å². The van der Waals surface area contributed by atoms with E-state index < -0.39 is 5.54 Å². The van der Waals surface area contributed by atoms with Crippen molar-refractivity contribution in [2.45, 2.75) is 19.4 Å². The second kappa shape index (κ2) is 4.40. The van der Waals surface area contributed by atoms with Crippen LogP contribution in [0.4, 0.5) is 11.8 Å². The van der Waals surface area contributed by atoms with E-state index in [1.54, 1.807) is 32.0 Å². The first-order valence-electron chi connectivity index (χ1n) is 6.44. The number of aromatic nitrogens is 4. The fourth-order valence-electron chi connectivity index (χ4n) is 2.26. The van der Waals surface area contributed by atoms with Crippen LogP contribution in [0.3, 0.4) is 0 Å². The monoisotopic (exact) mass is 289 g/mol. The van der Waals surface area contributed by atoms with Crippen molar-refractivity contribution in [1.82, 2.24) is 25.5 Å². The Balaban J connectivity index is 2.20. The van der Waals surface area contributed by atoms with Crippen molar-refractivity contribution in [1.29, 1.82) is 0 Å². The summed E-state index contributed by atoms with van der Waals surface area (Å²) in [6.45, 7) is 3.52. The molecule has 0 atom stereocenters. The number of carbonyl (C=O) groups excluding carboxylic acids is 2. The van der Waals surface area contributed by atoms with Gasteiger partial charge in [-0.3, -0.25) is 20.0 Å². The van der Waals surface area contributed by atoms with E-state index in [-0.39, 0.29) is 18.4 Å². The number of carbonyl (C=O) groups is 2. The van der Waals surface area contributed by atoms with Crippen molar-refractivity contribution in [3.63, 3.8) is 0 Å². The zero-order valence-electron chi connectivity index (χ0n) is 11.9. The Kier molecular flexibility index (Phi) is 2.78. The smallest absolute Gasteiger partial charge is 0.251 e. The molecule has 21 heavy (non-hydrogen) atoms. The number of aromatic amines is 1. The van der Waals surface area contributed by atoms with Crippen LogP contribution in [-0.2, 0) is 9.59 Å². The number of anilines is 2. The molecule has 2 aromatic rings. The highest BCUT2D eigenvalue weighted by Crippen LogP contribution is 2.30. The second-order valence-corrected chi connectivity index (χ2v) is 5.28. The lowest BCUT2D eigenvalue weighted by atomic mass is 9.98. The zero-order chi connectivity index (χ0) is 15.2. The Bertz CT molecular complexity index is 736. The van der Waals surface area contributed by atoms with Crippen molar-refractivity contribution in [3.8, 4) is 0 Å². The minimum Gasteiger partial charge on any atom is -0.357 e. The number of rotatable bonds is 2. The molecule has 1 saturated heterocycles. The quantitative estimate of drug-likeness (QED) is 0.646. The van der Waals surface area contributed by atoms with Gasteiger partial charge < -0.3 is 10.2 Å². The van der Waals surface area contributed by atoms with Crippen molar-refractivity contribution in [2.24, 2.45) is 0 Å². The molecule has 0 aliphatic carbocycles. The van der Waals surface area contributed by atoms with Gasteiger partial charge in [0.1, 0.15) is 11.4 Å². The summed E-state index contributed by atoms with van der Waals surface area (Å²) in [6, 6.07) is 0. The van der Waals surface area contributed by atoms with E-state index in [0.717, 1.165) is 0 Å². The highest BCUT2D eigenvalue weighted by atomic mass is 16.2. The summed E-state index contributed by atoms with van der Waals surface area (Å²) < 4.78 is 0.